The molecule has 0 amide bonds. The van der Waals surface area contributed by atoms with Gasteiger partial charge in [-0.25, -0.2) is 0 Å². The van der Waals surface area contributed by atoms with Gasteiger partial charge >= 0.3 is 0 Å². The summed E-state index contributed by atoms with van der Waals surface area (Å²) in [6.07, 6.45) is 7.32. The Kier molecular flexibility index (Phi) is 17.2. The maximum atomic E-state index is 9.44. The summed E-state index contributed by atoms with van der Waals surface area (Å²) in [6.45, 7) is 16.1. The Morgan fingerprint density at radius 1 is 1.08 bits per heavy atom. The molecular weight excluding hydrogens is 318 g/mol. The summed E-state index contributed by atoms with van der Waals surface area (Å²) in [7, 11) is 0. The Morgan fingerprint density at radius 3 is 2.08 bits per heavy atom. The largest absolute Gasteiger partial charge is 0.300 e. The predicted octanol–water partition coefficient (Wildman–Crippen LogP) is 7.45. The van der Waals surface area contributed by atoms with Crippen LogP contribution < -0.4 is 0 Å². The number of benzene rings is 1. The molecule has 0 heterocycles. The number of ketones is 1. The number of aryl methyl sites for hydroxylation is 1. The second-order valence-electron chi connectivity index (χ2n) is 6.86. The van der Waals surface area contributed by atoms with Crippen LogP contribution in [-0.4, -0.2) is 5.78 Å². The van der Waals surface area contributed by atoms with Crippen molar-refractivity contribution in [3.05, 3.63) is 34.9 Å². The minimum atomic E-state index is 0.167. The van der Waals surface area contributed by atoms with Gasteiger partial charge in [0.15, 0.2) is 0 Å². The fraction of sp³-hybridized carbons (Fsp3) is 0.667. The van der Waals surface area contributed by atoms with Crippen molar-refractivity contribution in [2.45, 2.75) is 99.8 Å². The van der Waals surface area contributed by atoms with Gasteiger partial charge in [0.25, 0.3) is 0 Å². The van der Waals surface area contributed by atoms with Crippen LogP contribution in [0.5, 0.6) is 0 Å². The van der Waals surface area contributed by atoms with Crippen molar-refractivity contribution in [1.29, 1.82) is 5.26 Å². The highest BCUT2D eigenvalue weighted by Gasteiger charge is 2.16. The molecule has 0 aliphatic rings. The minimum Gasteiger partial charge on any atom is -0.300 e. The molecule has 0 bridgehead atoms. The van der Waals surface area contributed by atoms with E-state index in [-0.39, 0.29) is 5.78 Å². The highest BCUT2D eigenvalue weighted by molar-refractivity contribution is 5.72. The lowest BCUT2D eigenvalue weighted by atomic mass is 9.83. The molecule has 0 saturated heterocycles. The predicted molar refractivity (Wildman–Crippen MR) is 115 cm³/mol. The van der Waals surface area contributed by atoms with Crippen molar-refractivity contribution >= 4 is 5.78 Å². The number of carbonyl (C=O) groups is 1. The van der Waals surface area contributed by atoms with Crippen molar-refractivity contribution < 1.29 is 4.79 Å². The standard InChI is InChI=1S/C19H29N.C3H6O.C2H6/c1-5-8-18(11-9-15(4)6-2)19-13-16(14-20)10-12-17(19)7-3;1-3(2)4;1-2/h10,12-13,15,18H,5-9,11H2,1-4H3;1-2H3;1-2H3. The van der Waals surface area contributed by atoms with E-state index in [0.717, 1.165) is 17.9 Å². The second kappa shape index (κ2) is 16.8. The van der Waals surface area contributed by atoms with E-state index in [1.807, 2.05) is 19.9 Å². The van der Waals surface area contributed by atoms with Gasteiger partial charge in [-0.1, -0.05) is 66.9 Å². The van der Waals surface area contributed by atoms with Gasteiger partial charge in [0.05, 0.1) is 11.6 Å². The van der Waals surface area contributed by atoms with E-state index in [1.54, 1.807) is 0 Å². The van der Waals surface area contributed by atoms with E-state index in [1.165, 1.54) is 57.1 Å². The number of nitrogens with zero attached hydrogens (tertiary/aromatic N) is 1. The smallest absolute Gasteiger partial charge is 0.126 e. The Hall–Kier alpha value is -1.62. The lowest BCUT2D eigenvalue weighted by Gasteiger charge is -2.21. The number of Topliss-reactive ketones (excluding diaryl/α,β-unsaturated/α-hetero) is 1. The van der Waals surface area contributed by atoms with Crippen LogP contribution in [0.2, 0.25) is 0 Å². The first-order valence-electron chi connectivity index (χ1n) is 10.4. The first-order valence-corrected chi connectivity index (χ1v) is 10.4. The molecule has 148 valence electrons. The summed E-state index contributed by atoms with van der Waals surface area (Å²) < 4.78 is 0. The van der Waals surface area contributed by atoms with Crippen molar-refractivity contribution in [1.82, 2.24) is 0 Å². The molecule has 2 heteroatoms. The maximum Gasteiger partial charge on any atom is 0.126 e. The summed E-state index contributed by atoms with van der Waals surface area (Å²) in [5, 5.41) is 9.14. The molecule has 2 unspecified atom stereocenters. The van der Waals surface area contributed by atoms with Crippen molar-refractivity contribution in [2.75, 3.05) is 0 Å². The highest BCUT2D eigenvalue weighted by Crippen LogP contribution is 2.32. The van der Waals surface area contributed by atoms with Gasteiger partial charge in [-0.05, 0) is 68.2 Å². The quantitative estimate of drug-likeness (QED) is 0.483. The molecule has 1 aromatic rings. The molecule has 0 fully saturated rings. The van der Waals surface area contributed by atoms with Crippen LogP contribution in [0.1, 0.15) is 110 Å². The van der Waals surface area contributed by atoms with Crippen LogP contribution in [-0.2, 0) is 11.2 Å². The number of rotatable bonds is 8. The van der Waals surface area contributed by atoms with E-state index < -0.39 is 0 Å². The average molecular weight is 360 g/mol. The normalized spacial score (nSPS) is 11.8. The van der Waals surface area contributed by atoms with Crippen molar-refractivity contribution in [3.63, 3.8) is 0 Å². The van der Waals surface area contributed by atoms with Crippen LogP contribution in [0.3, 0.4) is 0 Å². The van der Waals surface area contributed by atoms with Crippen LogP contribution in [0.25, 0.3) is 0 Å². The van der Waals surface area contributed by atoms with Gasteiger partial charge in [-0.15, -0.1) is 0 Å². The fourth-order valence-electron chi connectivity index (χ4n) is 2.86. The van der Waals surface area contributed by atoms with Gasteiger partial charge in [-0.3, -0.25) is 0 Å². The van der Waals surface area contributed by atoms with E-state index in [9.17, 15) is 4.79 Å². The summed E-state index contributed by atoms with van der Waals surface area (Å²) in [5.74, 6) is 1.59. The maximum absolute atomic E-state index is 9.44. The third kappa shape index (κ3) is 11.9. The van der Waals surface area contributed by atoms with Gasteiger partial charge in [0.2, 0.25) is 0 Å². The van der Waals surface area contributed by atoms with Gasteiger partial charge in [0.1, 0.15) is 5.78 Å². The van der Waals surface area contributed by atoms with Gasteiger partial charge in [-0.2, -0.15) is 5.26 Å². The zero-order chi connectivity index (χ0) is 20.5. The summed E-state index contributed by atoms with van der Waals surface area (Å²) in [4.78, 5) is 9.44. The Bertz CT molecular complexity index is 524. The molecule has 1 rings (SSSR count). The third-order valence-electron chi connectivity index (χ3n) is 4.44. The van der Waals surface area contributed by atoms with Gasteiger partial charge in [0, 0.05) is 0 Å². The Morgan fingerprint density at radius 2 is 1.65 bits per heavy atom. The molecule has 0 saturated carbocycles. The van der Waals surface area contributed by atoms with Crippen LogP contribution in [0.4, 0.5) is 0 Å². The molecule has 0 spiro atoms. The van der Waals surface area contributed by atoms with Crippen molar-refractivity contribution in [2.24, 2.45) is 5.92 Å². The van der Waals surface area contributed by atoms with Crippen molar-refractivity contribution in [3.8, 4) is 6.07 Å². The molecule has 0 aliphatic heterocycles. The topological polar surface area (TPSA) is 40.9 Å². The molecule has 0 aliphatic carbocycles. The average Bonchev–Trinajstić information content (AvgIpc) is 2.65. The fourth-order valence-corrected chi connectivity index (χ4v) is 2.86. The van der Waals surface area contributed by atoms with E-state index in [0.29, 0.717) is 5.92 Å². The molecule has 2 atom stereocenters. The lowest BCUT2D eigenvalue weighted by molar-refractivity contribution is -0.114. The lowest BCUT2D eigenvalue weighted by Crippen LogP contribution is -2.06. The monoisotopic (exact) mass is 359 g/mol. The van der Waals surface area contributed by atoms with Gasteiger partial charge < -0.3 is 4.79 Å². The SMILES string of the molecule is CC.CC(C)=O.CCCC(CCC(C)CC)c1cc(C#N)ccc1CC. The Labute approximate surface area is 163 Å². The first kappa shape index (κ1) is 26.6. The van der Waals surface area contributed by atoms with E-state index in [4.69, 9.17) is 5.26 Å². The van der Waals surface area contributed by atoms with Crippen LogP contribution >= 0.6 is 0 Å². The molecule has 26 heavy (non-hydrogen) atoms. The number of hydrogen-bond acceptors (Lipinski definition) is 2. The zero-order valence-electron chi connectivity index (χ0n) is 18.5. The van der Waals surface area contributed by atoms with Crippen LogP contribution in [0, 0.1) is 17.2 Å². The van der Waals surface area contributed by atoms with E-state index in [2.05, 4.69) is 45.9 Å². The number of carbonyl (C=O) groups excluding carboxylic acids is 1. The molecule has 0 radical (unpaired) electrons. The molecule has 0 N–H and O–H groups in total. The molecular formula is C24H41NO. The molecule has 1 aromatic carbocycles. The number of nitriles is 1. The summed E-state index contributed by atoms with van der Waals surface area (Å²) >= 11 is 0. The highest BCUT2D eigenvalue weighted by atomic mass is 16.1. The summed E-state index contributed by atoms with van der Waals surface area (Å²) in [6, 6.07) is 8.54. The first-order chi connectivity index (χ1) is 12.4. The molecule has 2 nitrogen and oxygen atoms in total. The van der Waals surface area contributed by atoms with E-state index >= 15 is 0 Å². The molecule has 0 aromatic heterocycles. The summed E-state index contributed by atoms with van der Waals surface area (Å²) in [5.41, 5.74) is 3.66. The zero-order valence-corrected chi connectivity index (χ0v) is 18.5. The minimum absolute atomic E-state index is 0.167. The number of hydrogen-bond donors (Lipinski definition) is 0. The van der Waals surface area contributed by atoms with Crippen LogP contribution in [0.15, 0.2) is 18.2 Å². The Balaban J connectivity index is 0. The second-order valence-corrected chi connectivity index (χ2v) is 6.86. The third-order valence-corrected chi connectivity index (χ3v) is 4.44.